The van der Waals surface area contributed by atoms with Crippen LogP contribution in [0.1, 0.15) is 16.1 Å². The maximum atomic E-state index is 12.4. The first kappa shape index (κ1) is 12.0. The molecule has 92 valence electrons. The van der Waals surface area contributed by atoms with E-state index in [9.17, 15) is 4.79 Å². The fraction of sp³-hybridized carbons (Fsp3) is 0. The van der Waals surface area contributed by atoms with Gasteiger partial charge in [-0.2, -0.15) is 0 Å². The lowest BCUT2D eigenvalue weighted by atomic mass is 10.1. The summed E-state index contributed by atoms with van der Waals surface area (Å²) >= 11 is 3.34. The summed E-state index contributed by atoms with van der Waals surface area (Å²) in [4.78, 5) is 20.8. The smallest absolute Gasteiger partial charge is 0.212 e. The van der Waals surface area contributed by atoms with Crippen molar-refractivity contribution in [1.29, 1.82) is 0 Å². The van der Waals surface area contributed by atoms with E-state index in [1.165, 1.54) is 0 Å². The van der Waals surface area contributed by atoms with Gasteiger partial charge in [0, 0.05) is 27.8 Å². The van der Waals surface area contributed by atoms with Crippen LogP contribution in [-0.4, -0.2) is 15.8 Å². The molecule has 0 fully saturated rings. The standard InChI is InChI=1S/C15H9BrN2O/c16-12-4-2-8-18-14(12)15(19)11-6-5-10-3-1-7-17-13(10)9-11/h1-9H. The van der Waals surface area contributed by atoms with Crippen LogP contribution in [0.25, 0.3) is 10.9 Å². The van der Waals surface area contributed by atoms with E-state index >= 15 is 0 Å². The van der Waals surface area contributed by atoms with Crippen LogP contribution in [0.3, 0.4) is 0 Å². The summed E-state index contributed by atoms with van der Waals surface area (Å²) in [5.41, 5.74) is 1.81. The van der Waals surface area contributed by atoms with Gasteiger partial charge in [0.15, 0.2) is 0 Å². The van der Waals surface area contributed by atoms with E-state index in [1.807, 2.05) is 18.2 Å². The Bertz CT molecular complexity index is 771. The first-order valence-corrected chi connectivity index (χ1v) is 6.55. The summed E-state index contributed by atoms with van der Waals surface area (Å²) in [6.45, 7) is 0. The average molecular weight is 313 g/mol. The van der Waals surface area contributed by atoms with Crippen molar-refractivity contribution < 1.29 is 4.79 Å². The molecule has 0 spiro atoms. The Hall–Kier alpha value is -2.07. The fourth-order valence-corrected chi connectivity index (χ4v) is 2.33. The Morgan fingerprint density at radius 2 is 1.79 bits per heavy atom. The van der Waals surface area contributed by atoms with Crippen LogP contribution in [0, 0.1) is 0 Å². The molecule has 3 aromatic rings. The van der Waals surface area contributed by atoms with Crippen LogP contribution in [-0.2, 0) is 0 Å². The lowest BCUT2D eigenvalue weighted by Crippen LogP contribution is -2.04. The lowest BCUT2D eigenvalue weighted by Gasteiger charge is -2.04. The maximum Gasteiger partial charge on any atom is 0.212 e. The zero-order valence-corrected chi connectivity index (χ0v) is 11.5. The van der Waals surface area contributed by atoms with Crippen LogP contribution in [0.4, 0.5) is 0 Å². The predicted octanol–water partition coefficient (Wildman–Crippen LogP) is 3.62. The lowest BCUT2D eigenvalue weighted by molar-refractivity contribution is 0.103. The molecular weight excluding hydrogens is 304 g/mol. The number of aromatic nitrogens is 2. The fourth-order valence-electron chi connectivity index (χ4n) is 1.90. The minimum absolute atomic E-state index is 0.111. The van der Waals surface area contributed by atoms with Crippen molar-refractivity contribution in [3.8, 4) is 0 Å². The predicted molar refractivity (Wildman–Crippen MR) is 77.1 cm³/mol. The molecule has 0 aliphatic heterocycles. The highest BCUT2D eigenvalue weighted by Crippen LogP contribution is 2.20. The highest BCUT2D eigenvalue weighted by molar-refractivity contribution is 9.10. The Kier molecular flexibility index (Phi) is 3.09. The highest BCUT2D eigenvalue weighted by atomic mass is 79.9. The summed E-state index contributed by atoms with van der Waals surface area (Å²) in [6.07, 6.45) is 3.32. The molecule has 0 aliphatic carbocycles. The van der Waals surface area contributed by atoms with Crippen LogP contribution in [0.15, 0.2) is 59.3 Å². The van der Waals surface area contributed by atoms with Crippen molar-refractivity contribution in [3.05, 3.63) is 70.6 Å². The summed E-state index contributed by atoms with van der Waals surface area (Å²) in [5.74, 6) is -0.111. The van der Waals surface area contributed by atoms with Gasteiger partial charge < -0.3 is 0 Å². The van der Waals surface area contributed by atoms with E-state index in [-0.39, 0.29) is 5.78 Å². The van der Waals surface area contributed by atoms with Gasteiger partial charge in [-0.25, -0.2) is 0 Å². The van der Waals surface area contributed by atoms with Gasteiger partial charge in [0.05, 0.1) is 5.52 Å². The molecule has 2 aromatic heterocycles. The van der Waals surface area contributed by atoms with Crippen LogP contribution < -0.4 is 0 Å². The molecule has 4 heteroatoms. The van der Waals surface area contributed by atoms with Crippen molar-refractivity contribution in [1.82, 2.24) is 9.97 Å². The molecule has 0 unspecified atom stereocenters. The molecule has 0 aliphatic rings. The van der Waals surface area contributed by atoms with E-state index in [4.69, 9.17) is 0 Å². The maximum absolute atomic E-state index is 12.4. The van der Waals surface area contributed by atoms with Gasteiger partial charge >= 0.3 is 0 Å². The Morgan fingerprint density at radius 3 is 2.63 bits per heavy atom. The molecule has 3 rings (SSSR count). The first-order chi connectivity index (χ1) is 9.25. The summed E-state index contributed by atoms with van der Waals surface area (Å²) in [7, 11) is 0. The van der Waals surface area contributed by atoms with Gasteiger partial charge in [-0.05, 0) is 40.2 Å². The largest absolute Gasteiger partial charge is 0.287 e. The third kappa shape index (κ3) is 2.27. The molecule has 0 amide bonds. The van der Waals surface area contributed by atoms with Crippen LogP contribution >= 0.6 is 15.9 Å². The van der Waals surface area contributed by atoms with Crippen molar-refractivity contribution >= 4 is 32.6 Å². The number of nitrogens with zero attached hydrogens (tertiary/aromatic N) is 2. The topological polar surface area (TPSA) is 42.9 Å². The summed E-state index contributed by atoms with van der Waals surface area (Å²) in [6, 6.07) is 12.9. The quantitative estimate of drug-likeness (QED) is 0.679. The number of benzene rings is 1. The second-order valence-corrected chi connectivity index (χ2v) is 4.93. The third-order valence-electron chi connectivity index (χ3n) is 2.84. The minimum atomic E-state index is -0.111. The Labute approximate surface area is 118 Å². The second-order valence-electron chi connectivity index (χ2n) is 4.07. The molecule has 0 saturated carbocycles. The van der Waals surface area contributed by atoms with Gasteiger partial charge in [0.2, 0.25) is 5.78 Å². The molecule has 0 saturated heterocycles. The van der Waals surface area contributed by atoms with Gasteiger partial charge in [-0.1, -0.05) is 18.2 Å². The van der Waals surface area contributed by atoms with E-state index in [1.54, 1.807) is 36.7 Å². The van der Waals surface area contributed by atoms with Crippen molar-refractivity contribution in [3.63, 3.8) is 0 Å². The van der Waals surface area contributed by atoms with E-state index < -0.39 is 0 Å². The number of ketones is 1. The normalized spacial score (nSPS) is 10.6. The average Bonchev–Trinajstić information content (AvgIpc) is 2.46. The van der Waals surface area contributed by atoms with Gasteiger partial charge in [0.1, 0.15) is 5.69 Å². The zero-order valence-electron chi connectivity index (χ0n) is 9.88. The molecule has 2 heterocycles. The Balaban J connectivity index is 2.09. The number of carbonyl (C=O) groups excluding carboxylic acids is 1. The number of rotatable bonds is 2. The minimum Gasteiger partial charge on any atom is -0.287 e. The zero-order chi connectivity index (χ0) is 13.2. The number of carbonyl (C=O) groups is 1. The van der Waals surface area contributed by atoms with E-state index in [2.05, 4.69) is 25.9 Å². The van der Waals surface area contributed by atoms with E-state index in [0.29, 0.717) is 15.7 Å². The third-order valence-corrected chi connectivity index (χ3v) is 3.48. The SMILES string of the molecule is O=C(c1ccc2cccnc2c1)c1ncccc1Br. The highest BCUT2D eigenvalue weighted by Gasteiger charge is 2.14. The Morgan fingerprint density at radius 1 is 1.00 bits per heavy atom. The van der Waals surface area contributed by atoms with Crippen molar-refractivity contribution in [2.45, 2.75) is 0 Å². The first-order valence-electron chi connectivity index (χ1n) is 5.76. The molecule has 0 atom stereocenters. The molecule has 3 nitrogen and oxygen atoms in total. The number of hydrogen-bond acceptors (Lipinski definition) is 3. The van der Waals surface area contributed by atoms with Crippen molar-refractivity contribution in [2.24, 2.45) is 0 Å². The van der Waals surface area contributed by atoms with Crippen LogP contribution in [0.5, 0.6) is 0 Å². The summed E-state index contributed by atoms with van der Waals surface area (Å²) in [5, 5.41) is 1.01. The van der Waals surface area contributed by atoms with Gasteiger partial charge in [-0.15, -0.1) is 0 Å². The second kappa shape index (κ2) is 4.90. The number of pyridine rings is 2. The number of fused-ring (bicyclic) bond motifs is 1. The summed E-state index contributed by atoms with van der Waals surface area (Å²) < 4.78 is 0.695. The van der Waals surface area contributed by atoms with E-state index in [0.717, 1.165) is 10.9 Å². The van der Waals surface area contributed by atoms with Crippen molar-refractivity contribution in [2.75, 3.05) is 0 Å². The molecule has 0 radical (unpaired) electrons. The molecule has 0 N–H and O–H groups in total. The number of halogens is 1. The molecular formula is C15H9BrN2O. The molecule has 1 aromatic carbocycles. The molecule has 19 heavy (non-hydrogen) atoms. The molecule has 0 bridgehead atoms. The van der Waals surface area contributed by atoms with Gasteiger partial charge in [0.25, 0.3) is 0 Å². The van der Waals surface area contributed by atoms with Gasteiger partial charge in [-0.3, -0.25) is 14.8 Å². The number of hydrogen-bond donors (Lipinski definition) is 0. The van der Waals surface area contributed by atoms with Crippen LogP contribution in [0.2, 0.25) is 0 Å². The monoisotopic (exact) mass is 312 g/mol.